The monoisotopic (exact) mass is 231 g/mol. The standard InChI is InChI=1S/C15H21NO/c1-3-11-7-8-13(10-12(11)4-2)15(17)14-6-5-9-16-14/h7-8,10,14,16H,3-6,9H2,1-2H3. The molecule has 1 aliphatic heterocycles. The van der Waals surface area contributed by atoms with E-state index in [9.17, 15) is 4.79 Å². The molecule has 1 N–H and O–H groups in total. The van der Waals surface area contributed by atoms with E-state index in [0.29, 0.717) is 0 Å². The quantitative estimate of drug-likeness (QED) is 0.807. The number of benzene rings is 1. The highest BCUT2D eigenvalue weighted by Gasteiger charge is 2.23. The topological polar surface area (TPSA) is 29.1 Å². The van der Waals surface area contributed by atoms with E-state index in [1.54, 1.807) is 0 Å². The van der Waals surface area contributed by atoms with Gasteiger partial charge in [-0.15, -0.1) is 0 Å². The van der Waals surface area contributed by atoms with Crippen LogP contribution in [0.25, 0.3) is 0 Å². The first kappa shape index (κ1) is 12.3. The Labute approximate surface area is 103 Å². The number of aryl methyl sites for hydroxylation is 2. The minimum Gasteiger partial charge on any atom is -0.307 e. The number of hydrogen-bond acceptors (Lipinski definition) is 2. The third kappa shape index (κ3) is 2.58. The normalized spacial score (nSPS) is 19.5. The summed E-state index contributed by atoms with van der Waals surface area (Å²) in [5.74, 6) is 0.264. The van der Waals surface area contributed by atoms with Crippen LogP contribution in [0, 0.1) is 0 Å². The van der Waals surface area contributed by atoms with Crippen LogP contribution in [0.4, 0.5) is 0 Å². The van der Waals surface area contributed by atoms with Gasteiger partial charge in [-0.1, -0.05) is 26.0 Å². The van der Waals surface area contributed by atoms with Crippen molar-refractivity contribution in [3.05, 3.63) is 34.9 Å². The molecule has 0 bridgehead atoms. The zero-order valence-corrected chi connectivity index (χ0v) is 10.8. The number of carbonyl (C=O) groups is 1. The van der Waals surface area contributed by atoms with Gasteiger partial charge < -0.3 is 5.32 Å². The van der Waals surface area contributed by atoms with Gasteiger partial charge in [-0.2, -0.15) is 0 Å². The molecule has 1 unspecified atom stereocenters. The van der Waals surface area contributed by atoms with Crippen molar-refractivity contribution in [3.63, 3.8) is 0 Å². The van der Waals surface area contributed by atoms with Crippen molar-refractivity contribution >= 4 is 5.78 Å². The molecule has 2 nitrogen and oxygen atoms in total. The Balaban J connectivity index is 2.23. The summed E-state index contributed by atoms with van der Waals surface area (Å²) in [6, 6.07) is 6.23. The minimum atomic E-state index is 0.0483. The van der Waals surface area contributed by atoms with Crippen molar-refractivity contribution in [2.75, 3.05) is 6.54 Å². The summed E-state index contributed by atoms with van der Waals surface area (Å²) < 4.78 is 0. The summed E-state index contributed by atoms with van der Waals surface area (Å²) in [6.45, 7) is 5.29. The maximum absolute atomic E-state index is 12.3. The lowest BCUT2D eigenvalue weighted by molar-refractivity contribution is 0.0952. The van der Waals surface area contributed by atoms with Gasteiger partial charge in [0.15, 0.2) is 5.78 Å². The highest BCUT2D eigenvalue weighted by Crippen LogP contribution is 2.17. The zero-order valence-electron chi connectivity index (χ0n) is 10.8. The Morgan fingerprint density at radius 2 is 2.06 bits per heavy atom. The fraction of sp³-hybridized carbons (Fsp3) is 0.533. The van der Waals surface area contributed by atoms with E-state index >= 15 is 0 Å². The van der Waals surface area contributed by atoms with E-state index in [0.717, 1.165) is 37.8 Å². The van der Waals surface area contributed by atoms with Crippen LogP contribution in [-0.2, 0) is 12.8 Å². The Hall–Kier alpha value is -1.15. The second-order valence-corrected chi connectivity index (χ2v) is 4.70. The molecule has 0 aliphatic carbocycles. The molecule has 0 amide bonds. The molecule has 0 saturated carbocycles. The van der Waals surface area contributed by atoms with Gasteiger partial charge in [-0.3, -0.25) is 4.79 Å². The predicted octanol–water partition coefficient (Wildman–Crippen LogP) is 2.75. The van der Waals surface area contributed by atoms with Crippen LogP contribution in [0.15, 0.2) is 18.2 Å². The lowest BCUT2D eigenvalue weighted by Crippen LogP contribution is -2.30. The molecule has 2 rings (SSSR count). The van der Waals surface area contributed by atoms with Gasteiger partial charge in [-0.05, 0) is 49.4 Å². The Bertz CT molecular complexity index is 405. The lowest BCUT2D eigenvalue weighted by atomic mass is 9.95. The van der Waals surface area contributed by atoms with Gasteiger partial charge in [0.1, 0.15) is 0 Å². The summed E-state index contributed by atoms with van der Waals surface area (Å²) in [6.07, 6.45) is 4.14. The molecule has 1 aromatic rings. The largest absolute Gasteiger partial charge is 0.307 e. The van der Waals surface area contributed by atoms with Crippen LogP contribution in [0.2, 0.25) is 0 Å². The van der Waals surface area contributed by atoms with Crippen molar-refractivity contribution in [1.82, 2.24) is 5.32 Å². The van der Waals surface area contributed by atoms with E-state index in [1.165, 1.54) is 11.1 Å². The van der Waals surface area contributed by atoms with Crippen LogP contribution in [0.3, 0.4) is 0 Å². The van der Waals surface area contributed by atoms with Gasteiger partial charge in [0.05, 0.1) is 6.04 Å². The summed E-state index contributed by atoms with van der Waals surface area (Å²) in [5, 5.41) is 3.27. The van der Waals surface area contributed by atoms with Crippen LogP contribution in [0.5, 0.6) is 0 Å². The van der Waals surface area contributed by atoms with Crippen LogP contribution >= 0.6 is 0 Å². The maximum atomic E-state index is 12.3. The fourth-order valence-corrected chi connectivity index (χ4v) is 2.56. The molecule has 17 heavy (non-hydrogen) atoms. The number of Topliss-reactive ketones (excluding diaryl/α,β-unsaturated/α-hetero) is 1. The average Bonchev–Trinajstić information content (AvgIpc) is 2.90. The van der Waals surface area contributed by atoms with Crippen molar-refractivity contribution in [3.8, 4) is 0 Å². The molecule has 1 fully saturated rings. The first-order valence-corrected chi connectivity index (χ1v) is 6.65. The highest BCUT2D eigenvalue weighted by molar-refractivity contribution is 6.00. The number of carbonyl (C=O) groups excluding carboxylic acids is 1. The molecule has 1 atom stereocenters. The molecule has 92 valence electrons. The summed E-state index contributed by atoms with van der Waals surface area (Å²) in [4.78, 5) is 12.3. The van der Waals surface area contributed by atoms with E-state index < -0.39 is 0 Å². The van der Waals surface area contributed by atoms with Crippen molar-refractivity contribution in [2.45, 2.75) is 45.6 Å². The van der Waals surface area contributed by atoms with Gasteiger partial charge in [0.25, 0.3) is 0 Å². The van der Waals surface area contributed by atoms with Gasteiger partial charge in [0.2, 0.25) is 0 Å². The lowest BCUT2D eigenvalue weighted by Gasteiger charge is -2.12. The Morgan fingerprint density at radius 3 is 2.65 bits per heavy atom. The molecule has 0 radical (unpaired) electrons. The maximum Gasteiger partial charge on any atom is 0.179 e. The molecule has 1 saturated heterocycles. The van der Waals surface area contributed by atoms with Crippen molar-refractivity contribution < 1.29 is 4.79 Å². The molecule has 0 aromatic heterocycles. The van der Waals surface area contributed by atoms with E-state index in [2.05, 4.69) is 31.3 Å². The van der Waals surface area contributed by atoms with Crippen LogP contribution in [0.1, 0.15) is 48.2 Å². The number of nitrogens with one attached hydrogen (secondary N) is 1. The second kappa shape index (κ2) is 5.46. The molecule has 1 aliphatic rings. The number of hydrogen-bond donors (Lipinski definition) is 1. The van der Waals surface area contributed by atoms with Gasteiger partial charge in [-0.25, -0.2) is 0 Å². The summed E-state index contributed by atoms with van der Waals surface area (Å²) in [7, 11) is 0. The SMILES string of the molecule is CCc1ccc(C(=O)C2CCCN2)cc1CC. The molecular formula is C15H21NO. The van der Waals surface area contributed by atoms with E-state index in [4.69, 9.17) is 0 Å². The van der Waals surface area contributed by atoms with Crippen molar-refractivity contribution in [1.29, 1.82) is 0 Å². The Kier molecular flexibility index (Phi) is 3.95. The molecular weight excluding hydrogens is 210 g/mol. The fourth-order valence-electron chi connectivity index (χ4n) is 2.56. The van der Waals surface area contributed by atoms with Gasteiger partial charge in [0, 0.05) is 5.56 Å². The smallest absolute Gasteiger partial charge is 0.179 e. The number of rotatable bonds is 4. The third-order valence-corrected chi connectivity index (χ3v) is 3.63. The predicted molar refractivity (Wildman–Crippen MR) is 70.6 cm³/mol. The van der Waals surface area contributed by atoms with Crippen LogP contribution < -0.4 is 5.32 Å². The zero-order chi connectivity index (χ0) is 12.3. The summed E-state index contributed by atoms with van der Waals surface area (Å²) in [5.41, 5.74) is 3.55. The van der Waals surface area contributed by atoms with Crippen LogP contribution in [-0.4, -0.2) is 18.4 Å². The van der Waals surface area contributed by atoms with E-state index in [1.807, 2.05) is 6.07 Å². The first-order valence-electron chi connectivity index (χ1n) is 6.65. The second-order valence-electron chi connectivity index (χ2n) is 4.70. The van der Waals surface area contributed by atoms with E-state index in [-0.39, 0.29) is 11.8 Å². The Morgan fingerprint density at radius 1 is 1.29 bits per heavy atom. The average molecular weight is 231 g/mol. The third-order valence-electron chi connectivity index (χ3n) is 3.63. The first-order chi connectivity index (χ1) is 8.26. The molecule has 1 heterocycles. The van der Waals surface area contributed by atoms with Crippen molar-refractivity contribution in [2.24, 2.45) is 0 Å². The molecule has 0 spiro atoms. The number of ketones is 1. The molecule has 2 heteroatoms. The summed E-state index contributed by atoms with van der Waals surface area (Å²) >= 11 is 0. The minimum absolute atomic E-state index is 0.0483. The van der Waals surface area contributed by atoms with Gasteiger partial charge >= 0.3 is 0 Å². The highest BCUT2D eigenvalue weighted by atomic mass is 16.1. The molecule has 1 aromatic carbocycles.